The molecule has 2 aromatic rings. The highest BCUT2D eigenvalue weighted by molar-refractivity contribution is 5.49. The summed E-state index contributed by atoms with van der Waals surface area (Å²) in [4.78, 5) is 2.05. The third-order valence-corrected chi connectivity index (χ3v) is 3.35. The number of anilines is 1. The number of nitrogens with two attached hydrogens (primary N) is 1. The van der Waals surface area contributed by atoms with Gasteiger partial charge in [0.25, 0.3) is 0 Å². The Kier molecular flexibility index (Phi) is 4.64. The highest BCUT2D eigenvalue weighted by Gasteiger charge is 2.09. The standard InChI is InChI=1S/C17H22N2O/c1-13-7-4-5-10-16(13)17(18)12-20-15-9-6-8-14(11-15)19(2)3/h4-11,17H,12,18H2,1-3H3. The Labute approximate surface area is 121 Å². The molecule has 1 unspecified atom stereocenters. The third kappa shape index (κ3) is 3.52. The Morgan fingerprint density at radius 2 is 1.85 bits per heavy atom. The second kappa shape index (κ2) is 6.44. The zero-order valence-corrected chi connectivity index (χ0v) is 12.3. The minimum Gasteiger partial charge on any atom is -0.492 e. The largest absolute Gasteiger partial charge is 0.492 e. The van der Waals surface area contributed by atoms with E-state index in [1.54, 1.807) is 0 Å². The molecular weight excluding hydrogens is 248 g/mol. The van der Waals surface area contributed by atoms with Crippen molar-refractivity contribution in [2.75, 3.05) is 25.6 Å². The van der Waals surface area contributed by atoms with E-state index in [0.29, 0.717) is 6.61 Å². The van der Waals surface area contributed by atoms with Crippen molar-refractivity contribution >= 4 is 5.69 Å². The van der Waals surface area contributed by atoms with Crippen LogP contribution in [0.5, 0.6) is 5.75 Å². The number of rotatable bonds is 5. The molecule has 0 aliphatic heterocycles. The lowest BCUT2D eigenvalue weighted by molar-refractivity contribution is 0.290. The molecule has 0 heterocycles. The van der Waals surface area contributed by atoms with E-state index in [1.807, 2.05) is 55.4 Å². The van der Waals surface area contributed by atoms with E-state index >= 15 is 0 Å². The fourth-order valence-corrected chi connectivity index (χ4v) is 2.13. The number of hydrogen-bond acceptors (Lipinski definition) is 3. The van der Waals surface area contributed by atoms with E-state index in [-0.39, 0.29) is 6.04 Å². The van der Waals surface area contributed by atoms with Crippen LogP contribution < -0.4 is 15.4 Å². The summed E-state index contributed by atoms with van der Waals surface area (Å²) < 4.78 is 5.82. The van der Waals surface area contributed by atoms with E-state index in [9.17, 15) is 0 Å². The number of nitrogens with zero attached hydrogens (tertiary/aromatic N) is 1. The topological polar surface area (TPSA) is 38.5 Å². The normalized spacial score (nSPS) is 12.0. The first-order valence-electron chi connectivity index (χ1n) is 6.79. The monoisotopic (exact) mass is 270 g/mol. The molecule has 0 spiro atoms. The van der Waals surface area contributed by atoms with Crippen LogP contribution in [0.25, 0.3) is 0 Å². The Balaban J connectivity index is 2.02. The van der Waals surface area contributed by atoms with Crippen molar-refractivity contribution in [3.8, 4) is 5.75 Å². The summed E-state index contributed by atoms with van der Waals surface area (Å²) in [6.45, 7) is 2.55. The zero-order chi connectivity index (χ0) is 14.5. The summed E-state index contributed by atoms with van der Waals surface area (Å²) in [7, 11) is 4.02. The molecule has 0 aromatic heterocycles. The molecule has 0 saturated heterocycles. The molecule has 0 saturated carbocycles. The first-order chi connectivity index (χ1) is 9.58. The summed E-state index contributed by atoms with van der Waals surface area (Å²) in [6, 6.07) is 16.1. The number of benzene rings is 2. The van der Waals surface area contributed by atoms with Crippen molar-refractivity contribution in [2.24, 2.45) is 5.73 Å². The molecule has 0 aliphatic rings. The molecule has 3 nitrogen and oxygen atoms in total. The minimum absolute atomic E-state index is 0.112. The summed E-state index contributed by atoms with van der Waals surface area (Å²) >= 11 is 0. The lowest BCUT2D eigenvalue weighted by Gasteiger charge is -2.17. The highest BCUT2D eigenvalue weighted by Crippen LogP contribution is 2.21. The van der Waals surface area contributed by atoms with E-state index in [0.717, 1.165) is 17.0 Å². The molecule has 0 fully saturated rings. The quantitative estimate of drug-likeness (QED) is 0.907. The van der Waals surface area contributed by atoms with E-state index < -0.39 is 0 Å². The fraction of sp³-hybridized carbons (Fsp3) is 0.294. The maximum Gasteiger partial charge on any atom is 0.121 e. The van der Waals surface area contributed by atoms with Gasteiger partial charge in [0, 0.05) is 25.8 Å². The van der Waals surface area contributed by atoms with Crippen molar-refractivity contribution in [1.82, 2.24) is 0 Å². The number of aryl methyl sites for hydroxylation is 1. The molecule has 2 rings (SSSR count). The molecule has 2 N–H and O–H groups in total. The van der Waals surface area contributed by atoms with Crippen LogP contribution in [0.15, 0.2) is 48.5 Å². The van der Waals surface area contributed by atoms with Crippen LogP contribution in [0.4, 0.5) is 5.69 Å². The fourth-order valence-electron chi connectivity index (χ4n) is 2.13. The van der Waals surface area contributed by atoms with Crippen LogP contribution >= 0.6 is 0 Å². The van der Waals surface area contributed by atoms with Crippen LogP contribution in [0.2, 0.25) is 0 Å². The second-order valence-corrected chi connectivity index (χ2v) is 5.17. The Morgan fingerprint density at radius 3 is 2.55 bits per heavy atom. The van der Waals surface area contributed by atoms with E-state index in [1.165, 1.54) is 5.56 Å². The van der Waals surface area contributed by atoms with Crippen molar-refractivity contribution in [3.05, 3.63) is 59.7 Å². The van der Waals surface area contributed by atoms with Gasteiger partial charge in [0.05, 0.1) is 6.04 Å². The van der Waals surface area contributed by atoms with Gasteiger partial charge in [-0.3, -0.25) is 0 Å². The van der Waals surface area contributed by atoms with E-state index in [2.05, 4.69) is 19.1 Å². The minimum atomic E-state index is -0.112. The van der Waals surface area contributed by atoms with Crippen molar-refractivity contribution in [1.29, 1.82) is 0 Å². The Bertz CT molecular complexity index is 566. The van der Waals surface area contributed by atoms with Crippen molar-refractivity contribution in [2.45, 2.75) is 13.0 Å². The maximum atomic E-state index is 6.21. The van der Waals surface area contributed by atoms with Gasteiger partial charge >= 0.3 is 0 Å². The molecule has 2 aromatic carbocycles. The van der Waals surface area contributed by atoms with Gasteiger partial charge in [-0.2, -0.15) is 0 Å². The second-order valence-electron chi connectivity index (χ2n) is 5.17. The van der Waals surface area contributed by atoms with E-state index in [4.69, 9.17) is 10.5 Å². The lowest BCUT2D eigenvalue weighted by atomic mass is 10.0. The smallest absolute Gasteiger partial charge is 0.121 e. The van der Waals surface area contributed by atoms with Gasteiger partial charge < -0.3 is 15.4 Å². The molecule has 0 bridgehead atoms. The molecule has 0 aliphatic carbocycles. The zero-order valence-electron chi connectivity index (χ0n) is 12.3. The lowest BCUT2D eigenvalue weighted by Crippen LogP contribution is -2.20. The van der Waals surface area contributed by atoms with Gasteiger partial charge in [-0.05, 0) is 30.2 Å². The van der Waals surface area contributed by atoms with Gasteiger partial charge in [0.2, 0.25) is 0 Å². The van der Waals surface area contributed by atoms with Gasteiger partial charge in [0.15, 0.2) is 0 Å². The average Bonchev–Trinajstić information content (AvgIpc) is 2.45. The highest BCUT2D eigenvalue weighted by atomic mass is 16.5. The summed E-state index contributed by atoms with van der Waals surface area (Å²) in [5.41, 5.74) is 9.66. The van der Waals surface area contributed by atoms with Crippen LogP contribution in [0, 0.1) is 6.92 Å². The molecule has 20 heavy (non-hydrogen) atoms. The maximum absolute atomic E-state index is 6.21. The summed E-state index contributed by atoms with van der Waals surface area (Å²) in [5, 5.41) is 0. The van der Waals surface area contributed by atoms with Crippen molar-refractivity contribution in [3.63, 3.8) is 0 Å². The van der Waals surface area contributed by atoms with Crippen LogP contribution in [0.1, 0.15) is 17.2 Å². The van der Waals surface area contributed by atoms with Crippen molar-refractivity contribution < 1.29 is 4.74 Å². The molecule has 3 heteroatoms. The molecule has 1 atom stereocenters. The summed E-state index contributed by atoms with van der Waals surface area (Å²) in [6.07, 6.45) is 0. The predicted octanol–water partition coefficient (Wildman–Crippen LogP) is 3.14. The average molecular weight is 270 g/mol. The first kappa shape index (κ1) is 14.4. The van der Waals surface area contributed by atoms with Gasteiger partial charge in [-0.15, -0.1) is 0 Å². The SMILES string of the molecule is Cc1ccccc1C(N)COc1cccc(N(C)C)c1. The molecular formula is C17H22N2O. The van der Waals surface area contributed by atoms with Crippen LogP contribution in [0.3, 0.4) is 0 Å². The first-order valence-corrected chi connectivity index (χ1v) is 6.79. The van der Waals surface area contributed by atoms with Gasteiger partial charge in [-0.1, -0.05) is 30.3 Å². The molecule has 106 valence electrons. The van der Waals surface area contributed by atoms with Crippen LogP contribution in [-0.2, 0) is 0 Å². The van der Waals surface area contributed by atoms with Crippen LogP contribution in [-0.4, -0.2) is 20.7 Å². The number of hydrogen-bond donors (Lipinski definition) is 1. The molecule has 0 radical (unpaired) electrons. The Hall–Kier alpha value is -2.00. The Morgan fingerprint density at radius 1 is 1.10 bits per heavy atom. The summed E-state index contributed by atoms with van der Waals surface area (Å²) in [5.74, 6) is 0.847. The number of ether oxygens (including phenoxy) is 1. The van der Waals surface area contributed by atoms with Gasteiger partial charge in [0.1, 0.15) is 12.4 Å². The van der Waals surface area contributed by atoms with Gasteiger partial charge in [-0.25, -0.2) is 0 Å². The third-order valence-electron chi connectivity index (χ3n) is 3.35. The molecule has 0 amide bonds. The predicted molar refractivity (Wildman–Crippen MR) is 84.4 cm³/mol.